The Kier molecular flexibility index (Phi) is 3.05. The molecular weight excluding hydrogens is 286 g/mol. The van der Waals surface area contributed by atoms with Crippen LogP contribution in [0.15, 0.2) is 61.1 Å². The van der Waals surface area contributed by atoms with E-state index in [-0.39, 0.29) is 0 Å². The van der Waals surface area contributed by atoms with Crippen molar-refractivity contribution in [2.75, 3.05) is 5.73 Å². The predicted octanol–water partition coefficient (Wildman–Crippen LogP) is 3.35. The van der Waals surface area contributed by atoms with E-state index in [9.17, 15) is 0 Å². The van der Waals surface area contributed by atoms with Gasteiger partial charge in [-0.2, -0.15) is 0 Å². The summed E-state index contributed by atoms with van der Waals surface area (Å²) in [6, 6.07) is 14.0. The van der Waals surface area contributed by atoms with Gasteiger partial charge in [-0.05, 0) is 24.6 Å². The predicted molar refractivity (Wildman–Crippen MR) is 90.8 cm³/mol. The first kappa shape index (κ1) is 13.5. The second-order valence-corrected chi connectivity index (χ2v) is 5.37. The number of aromatic nitrogens is 4. The number of pyridine rings is 1. The molecule has 4 rings (SSSR count). The van der Waals surface area contributed by atoms with Gasteiger partial charge in [-0.1, -0.05) is 30.3 Å². The van der Waals surface area contributed by atoms with Gasteiger partial charge in [0.2, 0.25) is 5.95 Å². The molecule has 0 atom stereocenters. The average Bonchev–Trinajstić information content (AvgIpc) is 3.05. The lowest BCUT2D eigenvalue weighted by molar-refractivity contribution is 1.11. The van der Waals surface area contributed by atoms with E-state index in [1.165, 1.54) is 0 Å². The van der Waals surface area contributed by atoms with Crippen LogP contribution in [0.3, 0.4) is 0 Å². The molecule has 5 heteroatoms. The molecule has 0 saturated heterocycles. The molecule has 3 heterocycles. The summed E-state index contributed by atoms with van der Waals surface area (Å²) in [5, 5.41) is 0. The molecule has 0 unspecified atom stereocenters. The van der Waals surface area contributed by atoms with Crippen molar-refractivity contribution >= 4 is 11.6 Å². The Morgan fingerprint density at radius 3 is 2.57 bits per heavy atom. The van der Waals surface area contributed by atoms with Crippen molar-refractivity contribution in [1.29, 1.82) is 0 Å². The number of fused-ring (bicyclic) bond motifs is 1. The number of anilines is 1. The van der Waals surface area contributed by atoms with Crippen LogP contribution in [0.25, 0.3) is 28.0 Å². The molecule has 0 aliphatic rings. The third-order valence-corrected chi connectivity index (χ3v) is 3.81. The molecular formula is C18H15N5. The summed E-state index contributed by atoms with van der Waals surface area (Å²) in [6.07, 6.45) is 5.36. The Bertz CT molecular complexity index is 989. The molecule has 0 aliphatic heterocycles. The monoisotopic (exact) mass is 301 g/mol. The fourth-order valence-corrected chi connectivity index (χ4v) is 2.78. The van der Waals surface area contributed by atoms with Crippen LogP contribution in [0.1, 0.15) is 5.69 Å². The van der Waals surface area contributed by atoms with Crippen LogP contribution in [0.5, 0.6) is 0 Å². The van der Waals surface area contributed by atoms with E-state index in [0.29, 0.717) is 5.95 Å². The van der Waals surface area contributed by atoms with Gasteiger partial charge in [0.05, 0.1) is 11.3 Å². The SMILES string of the molecule is Cc1cc(-c2c(-c3ccccc3)nc(N)n3ccnc23)ccn1. The molecule has 112 valence electrons. The fourth-order valence-electron chi connectivity index (χ4n) is 2.78. The normalized spacial score (nSPS) is 11.0. The number of aryl methyl sites for hydroxylation is 1. The van der Waals surface area contributed by atoms with Gasteiger partial charge in [0, 0.05) is 29.8 Å². The maximum atomic E-state index is 6.12. The summed E-state index contributed by atoms with van der Waals surface area (Å²) >= 11 is 0. The Labute approximate surface area is 133 Å². The lowest BCUT2D eigenvalue weighted by Crippen LogP contribution is -2.04. The highest BCUT2D eigenvalue weighted by molar-refractivity contribution is 5.90. The van der Waals surface area contributed by atoms with Crippen LogP contribution in [0.4, 0.5) is 5.95 Å². The number of nitrogen functional groups attached to an aromatic ring is 1. The minimum absolute atomic E-state index is 0.422. The summed E-state index contributed by atoms with van der Waals surface area (Å²) in [7, 11) is 0. The number of rotatable bonds is 2. The second-order valence-electron chi connectivity index (χ2n) is 5.37. The fraction of sp³-hybridized carbons (Fsp3) is 0.0556. The Morgan fingerprint density at radius 2 is 1.78 bits per heavy atom. The zero-order chi connectivity index (χ0) is 15.8. The maximum absolute atomic E-state index is 6.12. The van der Waals surface area contributed by atoms with Gasteiger partial charge in [-0.15, -0.1) is 0 Å². The molecule has 3 aromatic heterocycles. The van der Waals surface area contributed by atoms with Crippen molar-refractivity contribution in [3.63, 3.8) is 0 Å². The minimum atomic E-state index is 0.422. The molecule has 0 amide bonds. The molecule has 2 N–H and O–H groups in total. The van der Waals surface area contributed by atoms with E-state index in [2.05, 4.69) is 15.0 Å². The second kappa shape index (κ2) is 5.21. The van der Waals surface area contributed by atoms with Gasteiger partial charge in [-0.3, -0.25) is 9.38 Å². The summed E-state index contributed by atoms with van der Waals surface area (Å²) in [5.74, 6) is 0.422. The van der Waals surface area contributed by atoms with Crippen molar-refractivity contribution in [3.05, 3.63) is 66.7 Å². The molecule has 23 heavy (non-hydrogen) atoms. The lowest BCUT2D eigenvalue weighted by Gasteiger charge is -2.13. The Morgan fingerprint density at radius 1 is 0.957 bits per heavy atom. The molecule has 0 bridgehead atoms. The van der Waals surface area contributed by atoms with E-state index in [4.69, 9.17) is 5.73 Å². The number of imidazole rings is 1. The van der Waals surface area contributed by atoms with Crippen molar-refractivity contribution in [3.8, 4) is 22.4 Å². The molecule has 0 spiro atoms. The first-order valence-electron chi connectivity index (χ1n) is 7.35. The highest BCUT2D eigenvalue weighted by atomic mass is 15.1. The summed E-state index contributed by atoms with van der Waals surface area (Å²) in [4.78, 5) is 13.4. The van der Waals surface area contributed by atoms with E-state index in [1.54, 1.807) is 16.8 Å². The van der Waals surface area contributed by atoms with Crippen molar-refractivity contribution in [2.24, 2.45) is 0 Å². The Balaban J connectivity index is 2.11. The van der Waals surface area contributed by atoms with Gasteiger partial charge < -0.3 is 5.73 Å². The highest BCUT2D eigenvalue weighted by Crippen LogP contribution is 2.34. The van der Waals surface area contributed by atoms with Crippen LogP contribution >= 0.6 is 0 Å². The number of hydrogen-bond donors (Lipinski definition) is 1. The third-order valence-electron chi connectivity index (χ3n) is 3.81. The van der Waals surface area contributed by atoms with E-state index in [1.807, 2.05) is 55.6 Å². The van der Waals surface area contributed by atoms with E-state index in [0.717, 1.165) is 33.7 Å². The van der Waals surface area contributed by atoms with Crippen LogP contribution < -0.4 is 5.73 Å². The van der Waals surface area contributed by atoms with Crippen LogP contribution in [-0.2, 0) is 0 Å². The first-order chi connectivity index (χ1) is 11.2. The summed E-state index contributed by atoms with van der Waals surface area (Å²) in [6.45, 7) is 1.97. The van der Waals surface area contributed by atoms with Crippen LogP contribution in [0.2, 0.25) is 0 Å². The standard InChI is InChI=1S/C18H15N5/c1-12-11-14(7-8-20-12)15-16(13-5-3-2-4-6-13)22-18(19)23-10-9-21-17(15)23/h2-11H,1H3,(H2,19,22). The van der Waals surface area contributed by atoms with Crippen molar-refractivity contribution in [2.45, 2.75) is 6.92 Å². The number of nitrogens with zero attached hydrogens (tertiary/aromatic N) is 4. The zero-order valence-corrected chi connectivity index (χ0v) is 12.6. The van der Waals surface area contributed by atoms with E-state index >= 15 is 0 Å². The Hall–Kier alpha value is -3.21. The lowest BCUT2D eigenvalue weighted by atomic mass is 10.0. The maximum Gasteiger partial charge on any atom is 0.206 e. The number of benzene rings is 1. The highest BCUT2D eigenvalue weighted by Gasteiger charge is 2.17. The zero-order valence-electron chi connectivity index (χ0n) is 12.6. The van der Waals surface area contributed by atoms with Crippen LogP contribution in [-0.4, -0.2) is 19.4 Å². The quantitative estimate of drug-likeness (QED) is 0.616. The van der Waals surface area contributed by atoms with Crippen LogP contribution in [0, 0.1) is 6.92 Å². The topological polar surface area (TPSA) is 69.1 Å². The van der Waals surface area contributed by atoms with Crippen molar-refractivity contribution < 1.29 is 0 Å². The largest absolute Gasteiger partial charge is 0.369 e. The van der Waals surface area contributed by atoms with E-state index < -0.39 is 0 Å². The van der Waals surface area contributed by atoms with Gasteiger partial charge in [-0.25, -0.2) is 9.97 Å². The number of hydrogen-bond acceptors (Lipinski definition) is 4. The molecule has 4 aromatic rings. The van der Waals surface area contributed by atoms with Gasteiger partial charge in [0.1, 0.15) is 5.65 Å². The average molecular weight is 301 g/mol. The molecule has 0 fully saturated rings. The molecule has 0 saturated carbocycles. The van der Waals surface area contributed by atoms with Gasteiger partial charge in [0.15, 0.2) is 0 Å². The smallest absolute Gasteiger partial charge is 0.206 e. The first-order valence-corrected chi connectivity index (χ1v) is 7.35. The van der Waals surface area contributed by atoms with Gasteiger partial charge in [0.25, 0.3) is 0 Å². The van der Waals surface area contributed by atoms with Crippen molar-refractivity contribution in [1.82, 2.24) is 19.4 Å². The summed E-state index contributed by atoms with van der Waals surface area (Å²) < 4.78 is 1.80. The third kappa shape index (κ3) is 2.23. The minimum Gasteiger partial charge on any atom is -0.369 e. The summed E-state index contributed by atoms with van der Waals surface area (Å²) in [5.41, 5.74) is 11.7. The molecule has 0 aliphatic carbocycles. The molecule has 0 radical (unpaired) electrons. The molecule has 1 aromatic carbocycles. The van der Waals surface area contributed by atoms with Gasteiger partial charge >= 0.3 is 0 Å². The molecule has 5 nitrogen and oxygen atoms in total. The number of nitrogens with two attached hydrogens (primary N) is 1.